The highest BCUT2D eigenvalue weighted by Gasteiger charge is 2.59. The lowest BCUT2D eigenvalue weighted by Gasteiger charge is -2.58. The smallest absolute Gasteiger partial charge is 0.160 e. The van der Waals surface area contributed by atoms with E-state index in [4.69, 9.17) is 4.74 Å². The first-order valence-corrected chi connectivity index (χ1v) is 12.2. The first kappa shape index (κ1) is 20.3. The Morgan fingerprint density at radius 3 is 2.63 bits per heavy atom. The second kappa shape index (κ2) is 7.40. The van der Waals surface area contributed by atoms with E-state index >= 15 is 0 Å². The number of ether oxygens (including phenoxy) is 1. The van der Waals surface area contributed by atoms with Crippen LogP contribution >= 0.6 is 31.9 Å². The molecular formula is C23H32Br2O2. The molecule has 4 rings (SSSR count). The summed E-state index contributed by atoms with van der Waals surface area (Å²) in [6, 6.07) is 0. The van der Waals surface area contributed by atoms with Crippen LogP contribution in [0.4, 0.5) is 0 Å². The molecule has 3 saturated carbocycles. The van der Waals surface area contributed by atoms with Crippen LogP contribution in [0.25, 0.3) is 0 Å². The van der Waals surface area contributed by atoms with Gasteiger partial charge in [-0.15, -0.1) is 0 Å². The minimum Gasteiger partial charge on any atom is -0.381 e. The molecule has 27 heavy (non-hydrogen) atoms. The molecule has 4 aliphatic rings. The van der Waals surface area contributed by atoms with Gasteiger partial charge in [0.25, 0.3) is 0 Å². The van der Waals surface area contributed by atoms with Crippen molar-refractivity contribution >= 4 is 37.6 Å². The zero-order valence-electron chi connectivity index (χ0n) is 16.8. The number of fused-ring (bicyclic) bond motifs is 5. The van der Waals surface area contributed by atoms with Gasteiger partial charge in [0.15, 0.2) is 5.78 Å². The number of ketones is 1. The lowest BCUT2D eigenvalue weighted by Crippen LogP contribution is -2.51. The number of methoxy groups -OCH3 is 1. The van der Waals surface area contributed by atoms with Gasteiger partial charge in [0.05, 0.1) is 9.50 Å². The van der Waals surface area contributed by atoms with Crippen LogP contribution in [0.3, 0.4) is 0 Å². The van der Waals surface area contributed by atoms with E-state index in [1.807, 2.05) is 7.11 Å². The number of rotatable bonds is 3. The van der Waals surface area contributed by atoms with E-state index < -0.39 is 0 Å². The average Bonchev–Trinajstić information content (AvgIpc) is 2.97. The van der Waals surface area contributed by atoms with Gasteiger partial charge in [-0.25, -0.2) is 0 Å². The summed E-state index contributed by atoms with van der Waals surface area (Å²) in [4.78, 5) is 12.9. The molecule has 150 valence electrons. The topological polar surface area (TPSA) is 26.3 Å². The molecule has 4 heteroatoms. The van der Waals surface area contributed by atoms with Crippen LogP contribution in [-0.4, -0.2) is 19.0 Å². The van der Waals surface area contributed by atoms with Gasteiger partial charge in [0.1, 0.15) is 0 Å². The Morgan fingerprint density at radius 1 is 1.15 bits per heavy atom. The van der Waals surface area contributed by atoms with Crippen molar-refractivity contribution in [1.29, 1.82) is 0 Å². The summed E-state index contributed by atoms with van der Waals surface area (Å²) in [7, 11) is 1.86. The molecule has 0 aromatic carbocycles. The Hall–Kier alpha value is 0.0700. The van der Waals surface area contributed by atoms with Crippen LogP contribution in [0.5, 0.6) is 0 Å². The molecule has 0 radical (unpaired) electrons. The van der Waals surface area contributed by atoms with Crippen molar-refractivity contribution in [2.75, 3.05) is 7.11 Å². The van der Waals surface area contributed by atoms with Crippen LogP contribution < -0.4 is 0 Å². The second-order valence-electron chi connectivity index (χ2n) is 9.87. The average molecular weight is 500 g/mol. The maximum absolute atomic E-state index is 12.9. The van der Waals surface area contributed by atoms with Crippen molar-refractivity contribution in [3.8, 4) is 0 Å². The summed E-state index contributed by atoms with van der Waals surface area (Å²) in [5.74, 6) is 2.74. The summed E-state index contributed by atoms with van der Waals surface area (Å²) in [6.45, 7) is 4.95. The van der Waals surface area contributed by atoms with Gasteiger partial charge in [-0.3, -0.25) is 4.79 Å². The van der Waals surface area contributed by atoms with Crippen molar-refractivity contribution in [2.24, 2.45) is 34.5 Å². The summed E-state index contributed by atoms with van der Waals surface area (Å²) >= 11 is 6.76. The standard InChI is InChI=1S/C23H32Br2O2/c1-22-10-8-15(27-3)12-14(22)4-5-16-17-6-7-19(20(26)13-21(24)25)23(17,2)11-9-18(16)22/h4,13,15-19H,5-12H2,1-3H3/t15-,16-,17-,18-,19+,22-,23-/m0/s1. The van der Waals surface area contributed by atoms with Gasteiger partial charge < -0.3 is 4.74 Å². The summed E-state index contributed by atoms with van der Waals surface area (Å²) in [6.07, 6.45) is 14.3. The molecule has 0 N–H and O–H groups in total. The van der Waals surface area contributed by atoms with Crippen LogP contribution in [-0.2, 0) is 9.53 Å². The Bertz CT molecular complexity index is 680. The predicted molar refractivity (Wildman–Crippen MR) is 117 cm³/mol. The van der Waals surface area contributed by atoms with Gasteiger partial charge in [0, 0.05) is 19.1 Å². The van der Waals surface area contributed by atoms with E-state index in [9.17, 15) is 4.79 Å². The first-order valence-electron chi connectivity index (χ1n) is 10.6. The molecule has 0 aliphatic heterocycles. The maximum atomic E-state index is 12.9. The van der Waals surface area contributed by atoms with Crippen molar-refractivity contribution < 1.29 is 9.53 Å². The second-order valence-corrected chi connectivity index (χ2v) is 12.6. The molecule has 0 heterocycles. The van der Waals surface area contributed by atoms with Gasteiger partial charge in [-0.2, -0.15) is 0 Å². The number of hydrogen-bond donors (Lipinski definition) is 0. The maximum Gasteiger partial charge on any atom is 0.160 e. The normalized spacial score (nSPS) is 46.0. The summed E-state index contributed by atoms with van der Waals surface area (Å²) in [5, 5.41) is 0. The first-order chi connectivity index (χ1) is 12.8. The van der Waals surface area contributed by atoms with E-state index in [0.717, 1.165) is 28.1 Å². The fourth-order valence-corrected chi connectivity index (χ4v) is 7.96. The minimum absolute atomic E-state index is 0.176. The molecule has 4 aliphatic carbocycles. The quantitative estimate of drug-likeness (QED) is 0.316. The largest absolute Gasteiger partial charge is 0.381 e. The zero-order chi connectivity index (χ0) is 19.4. The molecule has 0 aromatic rings. The molecule has 0 spiro atoms. The van der Waals surface area contributed by atoms with Gasteiger partial charge in [-0.1, -0.05) is 25.5 Å². The fraction of sp³-hybridized carbons (Fsp3) is 0.783. The van der Waals surface area contributed by atoms with E-state index in [1.54, 1.807) is 11.6 Å². The third-order valence-corrected chi connectivity index (χ3v) is 9.44. The highest BCUT2D eigenvalue weighted by Crippen LogP contribution is 2.66. The molecule has 0 saturated heterocycles. The Morgan fingerprint density at radius 2 is 1.93 bits per heavy atom. The number of hydrogen-bond acceptors (Lipinski definition) is 2. The molecule has 0 aromatic heterocycles. The van der Waals surface area contributed by atoms with Crippen LogP contribution in [0.15, 0.2) is 21.1 Å². The monoisotopic (exact) mass is 498 g/mol. The van der Waals surface area contributed by atoms with E-state index in [2.05, 4.69) is 51.8 Å². The predicted octanol–water partition coefficient (Wildman–Crippen LogP) is 6.78. The molecule has 0 bridgehead atoms. The van der Waals surface area contributed by atoms with Gasteiger partial charge in [-0.05, 0) is 112 Å². The molecule has 0 unspecified atom stereocenters. The third-order valence-electron chi connectivity index (χ3n) is 8.99. The van der Waals surface area contributed by atoms with E-state index in [-0.39, 0.29) is 11.3 Å². The lowest BCUT2D eigenvalue weighted by atomic mass is 9.47. The highest BCUT2D eigenvalue weighted by molar-refractivity contribution is 9.28. The van der Waals surface area contributed by atoms with Gasteiger partial charge in [0.2, 0.25) is 0 Å². The van der Waals surface area contributed by atoms with E-state index in [0.29, 0.717) is 23.2 Å². The zero-order valence-corrected chi connectivity index (χ0v) is 19.9. The number of carbonyl (C=O) groups is 1. The molecule has 2 nitrogen and oxygen atoms in total. The molecular weight excluding hydrogens is 468 g/mol. The van der Waals surface area contributed by atoms with Gasteiger partial charge >= 0.3 is 0 Å². The van der Waals surface area contributed by atoms with Crippen LogP contribution in [0.2, 0.25) is 0 Å². The number of allylic oxidation sites excluding steroid dienone is 2. The van der Waals surface area contributed by atoms with E-state index in [1.165, 1.54) is 38.5 Å². The van der Waals surface area contributed by atoms with Crippen molar-refractivity contribution in [1.82, 2.24) is 0 Å². The molecule has 7 atom stereocenters. The van der Waals surface area contributed by atoms with Crippen LogP contribution in [0, 0.1) is 34.5 Å². The van der Waals surface area contributed by atoms with Crippen molar-refractivity contribution in [3.63, 3.8) is 0 Å². The Balaban J connectivity index is 1.60. The fourth-order valence-electron chi connectivity index (χ4n) is 7.50. The highest BCUT2D eigenvalue weighted by atomic mass is 79.9. The summed E-state index contributed by atoms with van der Waals surface area (Å²) < 4.78 is 6.46. The molecule has 3 fully saturated rings. The molecule has 0 amide bonds. The van der Waals surface area contributed by atoms with Crippen molar-refractivity contribution in [3.05, 3.63) is 21.1 Å². The number of carbonyl (C=O) groups excluding carboxylic acids is 1. The Labute approximate surface area is 180 Å². The number of halogens is 2. The third kappa shape index (κ3) is 3.26. The lowest BCUT2D eigenvalue weighted by molar-refractivity contribution is -0.124. The minimum atomic E-state index is 0.176. The SMILES string of the molecule is CO[C@H]1CC[C@@]2(C)C(=CC[C@H]3[C@@H]4CC[C@H](C(=O)C=C(Br)Br)[C@@]4(C)CC[C@@H]32)C1. The Kier molecular flexibility index (Phi) is 5.57. The summed E-state index contributed by atoms with van der Waals surface area (Å²) in [5.41, 5.74) is 2.21. The van der Waals surface area contributed by atoms with Crippen molar-refractivity contribution in [2.45, 2.75) is 71.3 Å². The van der Waals surface area contributed by atoms with Crippen LogP contribution in [0.1, 0.15) is 65.2 Å².